The molecule has 0 unspecified atom stereocenters. The predicted molar refractivity (Wildman–Crippen MR) is 73.5 cm³/mol. The molecule has 1 aromatic rings. The highest BCUT2D eigenvalue weighted by Gasteiger charge is 1.97. The third-order valence-corrected chi connectivity index (χ3v) is 2.74. The Morgan fingerprint density at radius 3 is 2.50 bits per heavy atom. The van der Waals surface area contributed by atoms with Crippen LogP contribution in [-0.4, -0.2) is 0 Å². The van der Waals surface area contributed by atoms with Crippen molar-refractivity contribution in [2.75, 3.05) is 0 Å². The van der Waals surface area contributed by atoms with Crippen LogP contribution in [0.25, 0.3) is 5.57 Å². The number of hydrogen-bond donors (Lipinski definition) is 0. The summed E-state index contributed by atoms with van der Waals surface area (Å²) < 4.78 is 0. The van der Waals surface area contributed by atoms with Gasteiger partial charge in [0, 0.05) is 0 Å². The molecule has 86 valence electrons. The molecule has 16 heavy (non-hydrogen) atoms. The molecule has 0 bridgehead atoms. The van der Waals surface area contributed by atoms with Gasteiger partial charge in [-0.1, -0.05) is 42.0 Å². The molecule has 0 fully saturated rings. The van der Waals surface area contributed by atoms with E-state index in [0.717, 1.165) is 18.4 Å². The Hall–Kier alpha value is -1.30. The minimum absolute atomic E-state index is 1.14. The number of unbranched alkanes of at least 4 members (excludes halogenated alkanes) is 1. The van der Waals surface area contributed by atoms with Crippen molar-refractivity contribution in [2.45, 2.75) is 39.5 Å². The zero-order valence-electron chi connectivity index (χ0n) is 10.6. The van der Waals surface area contributed by atoms with E-state index in [2.05, 4.69) is 51.3 Å². The lowest BCUT2D eigenvalue weighted by molar-refractivity contribution is 0.731. The van der Waals surface area contributed by atoms with E-state index in [1.165, 1.54) is 29.5 Å². The number of hydrogen-bond acceptors (Lipinski definition) is 0. The minimum atomic E-state index is 1.14. The Morgan fingerprint density at radius 2 is 1.88 bits per heavy atom. The van der Waals surface area contributed by atoms with E-state index in [-0.39, 0.29) is 0 Å². The van der Waals surface area contributed by atoms with Crippen molar-refractivity contribution in [1.82, 2.24) is 0 Å². The molecule has 0 N–H and O–H groups in total. The van der Waals surface area contributed by atoms with Crippen molar-refractivity contribution >= 4 is 5.57 Å². The Morgan fingerprint density at radius 1 is 1.12 bits per heavy atom. The number of aryl methyl sites for hydroxylation is 1. The van der Waals surface area contributed by atoms with Crippen molar-refractivity contribution in [3.05, 3.63) is 54.1 Å². The fraction of sp³-hybridized carbons (Fsp3) is 0.375. The standard InChI is InChI=1S/C16H22/c1-13(2)8-5-6-9-15-10-7-11-16(12-15)14(3)4/h7,10-12H,1,3,5-6,8-9H2,2,4H3. The number of rotatable bonds is 6. The van der Waals surface area contributed by atoms with E-state index < -0.39 is 0 Å². The molecule has 1 rings (SSSR count). The lowest BCUT2D eigenvalue weighted by Crippen LogP contribution is -1.88. The summed E-state index contributed by atoms with van der Waals surface area (Å²) in [5.41, 5.74) is 5.11. The molecular formula is C16H22. The van der Waals surface area contributed by atoms with Gasteiger partial charge in [-0.3, -0.25) is 0 Å². The maximum atomic E-state index is 3.97. The maximum absolute atomic E-state index is 3.97. The van der Waals surface area contributed by atoms with Gasteiger partial charge in [-0.15, -0.1) is 6.58 Å². The summed E-state index contributed by atoms with van der Waals surface area (Å²) >= 11 is 0. The van der Waals surface area contributed by atoms with E-state index in [9.17, 15) is 0 Å². The zero-order valence-corrected chi connectivity index (χ0v) is 10.6. The van der Waals surface area contributed by atoms with Gasteiger partial charge in [-0.25, -0.2) is 0 Å². The zero-order chi connectivity index (χ0) is 12.0. The second kappa shape index (κ2) is 6.32. The molecule has 0 heteroatoms. The fourth-order valence-corrected chi connectivity index (χ4v) is 1.75. The first-order valence-corrected chi connectivity index (χ1v) is 5.99. The van der Waals surface area contributed by atoms with E-state index in [0.29, 0.717) is 0 Å². The fourth-order valence-electron chi connectivity index (χ4n) is 1.75. The lowest BCUT2D eigenvalue weighted by atomic mass is 10.0. The van der Waals surface area contributed by atoms with Gasteiger partial charge in [0.2, 0.25) is 0 Å². The summed E-state index contributed by atoms with van der Waals surface area (Å²) in [6.45, 7) is 12.1. The van der Waals surface area contributed by atoms with Gasteiger partial charge in [0.1, 0.15) is 0 Å². The Kier molecular flexibility index (Phi) is 5.04. The van der Waals surface area contributed by atoms with Crippen molar-refractivity contribution in [1.29, 1.82) is 0 Å². The summed E-state index contributed by atoms with van der Waals surface area (Å²) in [5.74, 6) is 0. The van der Waals surface area contributed by atoms with E-state index >= 15 is 0 Å². The smallest absolute Gasteiger partial charge is 0.0231 e. The highest BCUT2D eigenvalue weighted by atomic mass is 14.0. The topological polar surface area (TPSA) is 0 Å². The third kappa shape index (κ3) is 4.48. The quantitative estimate of drug-likeness (QED) is 0.461. The highest BCUT2D eigenvalue weighted by Crippen LogP contribution is 2.15. The molecule has 0 saturated carbocycles. The molecule has 0 nitrogen and oxygen atoms in total. The SMILES string of the molecule is C=C(C)CCCCc1cccc(C(=C)C)c1. The van der Waals surface area contributed by atoms with Gasteiger partial charge >= 0.3 is 0 Å². The van der Waals surface area contributed by atoms with E-state index in [1.807, 2.05) is 0 Å². The summed E-state index contributed by atoms with van der Waals surface area (Å²) in [5, 5.41) is 0. The van der Waals surface area contributed by atoms with Gasteiger partial charge in [-0.2, -0.15) is 0 Å². The average molecular weight is 214 g/mol. The van der Waals surface area contributed by atoms with Crippen LogP contribution in [0.5, 0.6) is 0 Å². The van der Waals surface area contributed by atoms with Gasteiger partial charge in [-0.05, 0) is 50.7 Å². The third-order valence-electron chi connectivity index (χ3n) is 2.74. The van der Waals surface area contributed by atoms with Crippen LogP contribution in [-0.2, 0) is 6.42 Å². The lowest BCUT2D eigenvalue weighted by Gasteiger charge is -2.05. The molecule has 0 spiro atoms. The number of benzene rings is 1. The summed E-state index contributed by atoms with van der Waals surface area (Å²) in [7, 11) is 0. The molecular weight excluding hydrogens is 192 g/mol. The second-order valence-corrected chi connectivity index (χ2v) is 4.64. The van der Waals surface area contributed by atoms with E-state index in [1.54, 1.807) is 0 Å². The van der Waals surface area contributed by atoms with Gasteiger partial charge in [0.25, 0.3) is 0 Å². The van der Waals surface area contributed by atoms with Crippen molar-refractivity contribution in [3.63, 3.8) is 0 Å². The van der Waals surface area contributed by atoms with Crippen LogP contribution in [0.15, 0.2) is 43.0 Å². The van der Waals surface area contributed by atoms with Crippen molar-refractivity contribution in [3.8, 4) is 0 Å². The largest absolute Gasteiger partial charge is 0.100 e. The molecule has 0 aromatic heterocycles. The normalized spacial score (nSPS) is 10.1. The van der Waals surface area contributed by atoms with Crippen molar-refractivity contribution in [2.24, 2.45) is 0 Å². The Bertz CT molecular complexity index is 371. The molecule has 0 atom stereocenters. The summed E-state index contributed by atoms with van der Waals surface area (Å²) in [4.78, 5) is 0. The van der Waals surface area contributed by atoms with Crippen LogP contribution >= 0.6 is 0 Å². The van der Waals surface area contributed by atoms with Gasteiger partial charge in [0.15, 0.2) is 0 Å². The molecule has 1 aromatic carbocycles. The molecule has 0 amide bonds. The molecule has 0 aliphatic carbocycles. The maximum Gasteiger partial charge on any atom is -0.0231 e. The average Bonchev–Trinajstić information content (AvgIpc) is 2.24. The second-order valence-electron chi connectivity index (χ2n) is 4.64. The van der Waals surface area contributed by atoms with Crippen LogP contribution < -0.4 is 0 Å². The van der Waals surface area contributed by atoms with Crippen LogP contribution in [0.4, 0.5) is 0 Å². The van der Waals surface area contributed by atoms with Gasteiger partial charge in [0.05, 0.1) is 0 Å². The van der Waals surface area contributed by atoms with Crippen molar-refractivity contribution < 1.29 is 0 Å². The van der Waals surface area contributed by atoms with Gasteiger partial charge < -0.3 is 0 Å². The highest BCUT2D eigenvalue weighted by molar-refractivity contribution is 5.61. The summed E-state index contributed by atoms with van der Waals surface area (Å²) in [6.07, 6.45) is 4.80. The molecule has 0 radical (unpaired) electrons. The number of allylic oxidation sites excluding steroid dienone is 2. The first-order chi connectivity index (χ1) is 7.59. The molecule has 0 aliphatic rings. The Balaban J connectivity index is 2.45. The monoisotopic (exact) mass is 214 g/mol. The molecule has 0 heterocycles. The first kappa shape index (κ1) is 12.8. The van der Waals surface area contributed by atoms with Crippen LogP contribution in [0, 0.1) is 0 Å². The Labute approximate surface area is 99.7 Å². The minimum Gasteiger partial charge on any atom is -0.100 e. The van der Waals surface area contributed by atoms with Crippen LogP contribution in [0.2, 0.25) is 0 Å². The van der Waals surface area contributed by atoms with Crippen LogP contribution in [0.3, 0.4) is 0 Å². The predicted octanol–water partition coefficient (Wildman–Crippen LogP) is 5.01. The molecule has 0 aliphatic heterocycles. The van der Waals surface area contributed by atoms with E-state index in [4.69, 9.17) is 0 Å². The van der Waals surface area contributed by atoms with Crippen LogP contribution in [0.1, 0.15) is 44.2 Å². The first-order valence-electron chi connectivity index (χ1n) is 5.99. The molecule has 0 saturated heterocycles. The summed E-state index contributed by atoms with van der Waals surface area (Å²) in [6, 6.07) is 8.70.